The average Bonchev–Trinajstić information content (AvgIpc) is 1.93. The maximum absolute atomic E-state index is 10.6. The van der Waals surface area contributed by atoms with Crippen LogP contribution in [-0.4, -0.2) is 12.1 Å². The van der Waals surface area contributed by atoms with Crippen LogP contribution in [0.2, 0.25) is 0 Å². The van der Waals surface area contributed by atoms with Crippen LogP contribution in [0.4, 0.5) is 4.79 Å². The SMILES string of the molecule is NC(=O)NC1CC/C=C\CCC1. The number of primary amides is 1. The maximum Gasteiger partial charge on any atom is 0.312 e. The highest BCUT2D eigenvalue weighted by atomic mass is 16.2. The molecule has 0 spiro atoms. The number of allylic oxidation sites excluding steroid dienone is 2. The minimum absolute atomic E-state index is 0.285. The Morgan fingerprint density at radius 3 is 2.83 bits per heavy atom. The quantitative estimate of drug-likeness (QED) is 0.573. The van der Waals surface area contributed by atoms with E-state index < -0.39 is 6.03 Å². The van der Waals surface area contributed by atoms with Crippen LogP contribution in [0.3, 0.4) is 0 Å². The van der Waals surface area contributed by atoms with E-state index in [1.807, 2.05) is 0 Å². The summed E-state index contributed by atoms with van der Waals surface area (Å²) in [6, 6.07) is -0.114. The zero-order chi connectivity index (χ0) is 8.81. The van der Waals surface area contributed by atoms with Gasteiger partial charge in [-0.2, -0.15) is 0 Å². The first-order chi connectivity index (χ1) is 5.79. The number of carbonyl (C=O) groups excluding carboxylic acids is 1. The van der Waals surface area contributed by atoms with Gasteiger partial charge in [0.2, 0.25) is 0 Å². The first kappa shape index (κ1) is 9.10. The summed E-state index contributed by atoms with van der Waals surface area (Å²) in [5, 5.41) is 2.75. The fraction of sp³-hybridized carbons (Fsp3) is 0.667. The lowest BCUT2D eigenvalue weighted by atomic mass is 10.0. The number of carbonyl (C=O) groups is 1. The first-order valence-electron chi connectivity index (χ1n) is 4.50. The molecule has 0 bridgehead atoms. The molecule has 68 valence electrons. The highest BCUT2D eigenvalue weighted by Crippen LogP contribution is 2.11. The number of nitrogens with one attached hydrogen (secondary N) is 1. The number of hydrogen-bond donors (Lipinski definition) is 2. The van der Waals surface area contributed by atoms with Gasteiger partial charge in [0.15, 0.2) is 0 Å². The van der Waals surface area contributed by atoms with E-state index in [9.17, 15) is 4.79 Å². The Kier molecular flexibility index (Phi) is 3.64. The predicted octanol–water partition coefficient (Wildman–Crippen LogP) is 1.54. The summed E-state index contributed by atoms with van der Waals surface area (Å²) in [5.41, 5.74) is 5.05. The molecule has 1 aliphatic rings. The van der Waals surface area contributed by atoms with E-state index in [1.165, 1.54) is 0 Å². The molecule has 1 unspecified atom stereocenters. The lowest BCUT2D eigenvalue weighted by molar-refractivity contribution is 0.243. The van der Waals surface area contributed by atoms with Crippen molar-refractivity contribution in [3.63, 3.8) is 0 Å². The average molecular weight is 168 g/mol. The van der Waals surface area contributed by atoms with Gasteiger partial charge >= 0.3 is 6.03 Å². The summed E-state index contributed by atoms with van der Waals surface area (Å²) in [5.74, 6) is 0. The summed E-state index contributed by atoms with van der Waals surface area (Å²) >= 11 is 0. The normalized spacial score (nSPS) is 26.8. The van der Waals surface area contributed by atoms with Gasteiger partial charge in [-0.3, -0.25) is 0 Å². The molecule has 0 fully saturated rings. The second kappa shape index (κ2) is 4.80. The van der Waals surface area contributed by atoms with Gasteiger partial charge < -0.3 is 11.1 Å². The van der Waals surface area contributed by atoms with Crippen molar-refractivity contribution in [1.29, 1.82) is 0 Å². The van der Waals surface area contributed by atoms with E-state index in [1.54, 1.807) is 0 Å². The Balaban J connectivity index is 2.32. The van der Waals surface area contributed by atoms with Crippen molar-refractivity contribution >= 4 is 6.03 Å². The van der Waals surface area contributed by atoms with Crippen molar-refractivity contribution in [1.82, 2.24) is 5.32 Å². The third-order valence-corrected chi connectivity index (χ3v) is 2.12. The Bertz CT molecular complexity index is 177. The van der Waals surface area contributed by atoms with Gasteiger partial charge in [0.25, 0.3) is 0 Å². The van der Waals surface area contributed by atoms with E-state index in [0.717, 1.165) is 32.1 Å². The van der Waals surface area contributed by atoms with Gasteiger partial charge in [-0.25, -0.2) is 4.79 Å². The van der Waals surface area contributed by atoms with E-state index in [-0.39, 0.29) is 6.04 Å². The van der Waals surface area contributed by atoms with Gasteiger partial charge in [-0.15, -0.1) is 0 Å². The summed E-state index contributed by atoms with van der Waals surface area (Å²) in [6.45, 7) is 0. The van der Waals surface area contributed by atoms with E-state index in [4.69, 9.17) is 5.73 Å². The molecule has 1 aliphatic carbocycles. The van der Waals surface area contributed by atoms with E-state index >= 15 is 0 Å². The molecule has 0 aliphatic heterocycles. The molecule has 1 atom stereocenters. The van der Waals surface area contributed by atoms with Crippen LogP contribution in [0.25, 0.3) is 0 Å². The number of hydrogen-bond acceptors (Lipinski definition) is 1. The highest BCUT2D eigenvalue weighted by Gasteiger charge is 2.09. The third kappa shape index (κ3) is 3.42. The van der Waals surface area contributed by atoms with Crippen LogP contribution in [0.1, 0.15) is 32.1 Å². The molecule has 3 N–H and O–H groups in total. The van der Waals surface area contributed by atoms with Gasteiger partial charge in [0.05, 0.1) is 0 Å². The Morgan fingerprint density at radius 2 is 2.08 bits per heavy atom. The molecule has 0 aromatic carbocycles. The number of urea groups is 1. The zero-order valence-electron chi connectivity index (χ0n) is 7.25. The van der Waals surface area contributed by atoms with Crippen molar-refractivity contribution in [2.45, 2.75) is 38.1 Å². The molecule has 0 saturated carbocycles. The molecule has 3 nitrogen and oxygen atoms in total. The lowest BCUT2D eigenvalue weighted by Crippen LogP contribution is -2.38. The Morgan fingerprint density at radius 1 is 1.33 bits per heavy atom. The van der Waals surface area contributed by atoms with Crippen LogP contribution in [-0.2, 0) is 0 Å². The number of nitrogens with two attached hydrogens (primary N) is 1. The lowest BCUT2D eigenvalue weighted by Gasteiger charge is -2.17. The summed E-state index contributed by atoms with van der Waals surface area (Å²) in [7, 11) is 0. The molecule has 1 rings (SSSR count). The second-order valence-electron chi connectivity index (χ2n) is 3.19. The Hall–Kier alpha value is -0.990. The molecule has 2 amide bonds. The van der Waals surface area contributed by atoms with Crippen molar-refractivity contribution < 1.29 is 4.79 Å². The predicted molar refractivity (Wildman–Crippen MR) is 48.7 cm³/mol. The standard InChI is InChI=1S/C9H16N2O/c10-9(12)11-8-6-4-2-1-3-5-7-8/h1-2,8H,3-7H2,(H3,10,11,12)/b2-1-. The molecule has 0 heterocycles. The minimum atomic E-state index is -0.399. The molecule has 0 aromatic heterocycles. The fourth-order valence-corrected chi connectivity index (χ4v) is 1.51. The topological polar surface area (TPSA) is 55.1 Å². The molecule has 0 radical (unpaired) electrons. The summed E-state index contributed by atoms with van der Waals surface area (Å²) in [6.07, 6.45) is 9.76. The molecule has 12 heavy (non-hydrogen) atoms. The van der Waals surface area contributed by atoms with Crippen LogP contribution in [0.5, 0.6) is 0 Å². The minimum Gasteiger partial charge on any atom is -0.352 e. The van der Waals surface area contributed by atoms with Crippen molar-refractivity contribution in [3.05, 3.63) is 12.2 Å². The fourth-order valence-electron chi connectivity index (χ4n) is 1.51. The molecule has 0 aromatic rings. The van der Waals surface area contributed by atoms with E-state index in [0.29, 0.717) is 0 Å². The number of amides is 2. The molecule has 3 heteroatoms. The van der Waals surface area contributed by atoms with Crippen molar-refractivity contribution in [2.75, 3.05) is 0 Å². The molecular formula is C9H16N2O. The summed E-state index contributed by atoms with van der Waals surface area (Å²) < 4.78 is 0. The summed E-state index contributed by atoms with van der Waals surface area (Å²) in [4.78, 5) is 10.6. The van der Waals surface area contributed by atoms with E-state index in [2.05, 4.69) is 17.5 Å². The largest absolute Gasteiger partial charge is 0.352 e. The smallest absolute Gasteiger partial charge is 0.312 e. The van der Waals surface area contributed by atoms with Gasteiger partial charge in [0, 0.05) is 6.04 Å². The maximum atomic E-state index is 10.6. The van der Waals surface area contributed by atoms with Crippen molar-refractivity contribution in [2.24, 2.45) is 5.73 Å². The third-order valence-electron chi connectivity index (χ3n) is 2.12. The van der Waals surface area contributed by atoms with Crippen LogP contribution >= 0.6 is 0 Å². The zero-order valence-corrected chi connectivity index (χ0v) is 7.25. The second-order valence-corrected chi connectivity index (χ2v) is 3.19. The van der Waals surface area contributed by atoms with Crippen molar-refractivity contribution in [3.8, 4) is 0 Å². The van der Waals surface area contributed by atoms with Crippen LogP contribution in [0.15, 0.2) is 12.2 Å². The van der Waals surface area contributed by atoms with Crippen LogP contribution in [0, 0.1) is 0 Å². The first-order valence-corrected chi connectivity index (χ1v) is 4.50. The highest BCUT2D eigenvalue weighted by molar-refractivity contribution is 5.71. The van der Waals surface area contributed by atoms with Gasteiger partial charge in [-0.1, -0.05) is 12.2 Å². The monoisotopic (exact) mass is 168 g/mol. The number of rotatable bonds is 1. The molecular weight excluding hydrogens is 152 g/mol. The van der Waals surface area contributed by atoms with Gasteiger partial charge in [0.1, 0.15) is 0 Å². The van der Waals surface area contributed by atoms with Crippen LogP contribution < -0.4 is 11.1 Å². The molecule has 0 saturated heterocycles. The Labute approximate surface area is 73.0 Å². The van der Waals surface area contributed by atoms with Gasteiger partial charge in [-0.05, 0) is 32.1 Å².